The summed E-state index contributed by atoms with van der Waals surface area (Å²) in [5.74, 6) is 0.119. The Morgan fingerprint density at radius 2 is 1.53 bits per heavy atom. The normalized spacial score (nSPS) is 10.7. The first kappa shape index (κ1) is 22.7. The molecule has 2 N–H and O–H groups in total. The number of tetrazole rings is 1. The van der Waals surface area contributed by atoms with Crippen LogP contribution < -0.4 is 10.9 Å². The summed E-state index contributed by atoms with van der Waals surface area (Å²) in [6, 6.07) is 25.9. The third-order valence-corrected chi connectivity index (χ3v) is 5.25. The lowest BCUT2D eigenvalue weighted by molar-refractivity contribution is -0.121. The predicted octanol–water partition coefficient (Wildman–Crippen LogP) is 3.05. The summed E-state index contributed by atoms with van der Waals surface area (Å²) in [5.41, 5.74) is 8.26. The number of hydrogen-bond acceptors (Lipinski definition) is 7. The van der Waals surface area contributed by atoms with Crippen LogP contribution in [-0.2, 0) is 17.8 Å². The molecule has 0 bridgehead atoms. The van der Waals surface area contributed by atoms with Gasteiger partial charge in [-0.25, -0.2) is 4.98 Å². The van der Waals surface area contributed by atoms with Crippen LogP contribution in [0.25, 0.3) is 22.8 Å². The van der Waals surface area contributed by atoms with Crippen LogP contribution in [0.1, 0.15) is 21.6 Å². The SMILES string of the molecule is O=C(Cc1coc(-c2ccccc2)n1)NNC(=O)c1ccc(Cn2nnc(-c3ccccc3)n2)cc1. The number of nitrogens with one attached hydrogen (secondary N) is 2. The van der Waals surface area contributed by atoms with Crippen LogP contribution in [0.2, 0.25) is 0 Å². The Morgan fingerprint density at radius 1 is 0.833 bits per heavy atom. The van der Waals surface area contributed by atoms with E-state index in [0.29, 0.717) is 29.5 Å². The van der Waals surface area contributed by atoms with Gasteiger partial charge in [-0.2, -0.15) is 4.80 Å². The second-order valence-corrected chi connectivity index (χ2v) is 7.90. The monoisotopic (exact) mass is 479 g/mol. The first-order valence-electron chi connectivity index (χ1n) is 11.2. The Kier molecular flexibility index (Phi) is 6.57. The van der Waals surface area contributed by atoms with E-state index < -0.39 is 11.8 Å². The summed E-state index contributed by atoms with van der Waals surface area (Å²) in [5, 5.41) is 12.6. The van der Waals surface area contributed by atoms with Crippen LogP contribution in [0.5, 0.6) is 0 Å². The van der Waals surface area contributed by atoms with Gasteiger partial charge in [-0.05, 0) is 35.0 Å². The van der Waals surface area contributed by atoms with Gasteiger partial charge in [0.05, 0.1) is 18.7 Å². The fourth-order valence-corrected chi connectivity index (χ4v) is 3.45. The minimum Gasteiger partial charge on any atom is -0.444 e. The zero-order valence-corrected chi connectivity index (χ0v) is 19.0. The molecule has 2 aromatic heterocycles. The Labute approximate surface area is 206 Å². The molecule has 0 aliphatic rings. The molecule has 5 rings (SSSR count). The molecule has 36 heavy (non-hydrogen) atoms. The minimum absolute atomic E-state index is 0.0363. The zero-order valence-electron chi connectivity index (χ0n) is 19.0. The quantitative estimate of drug-likeness (QED) is 0.343. The number of hydrazine groups is 1. The van der Waals surface area contributed by atoms with E-state index in [1.165, 1.54) is 11.1 Å². The second kappa shape index (κ2) is 10.4. The van der Waals surface area contributed by atoms with Gasteiger partial charge < -0.3 is 4.42 Å². The molecular formula is C26H21N7O3. The smallest absolute Gasteiger partial charge is 0.269 e. The van der Waals surface area contributed by atoms with E-state index in [1.807, 2.05) is 60.7 Å². The summed E-state index contributed by atoms with van der Waals surface area (Å²) < 4.78 is 5.43. The molecule has 2 amide bonds. The number of oxazole rings is 1. The summed E-state index contributed by atoms with van der Waals surface area (Å²) in [6.07, 6.45) is 1.39. The molecule has 0 atom stereocenters. The maximum atomic E-state index is 12.4. The maximum absolute atomic E-state index is 12.4. The molecule has 178 valence electrons. The number of rotatable bonds is 7. The molecule has 0 fully saturated rings. The number of benzene rings is 3. The molecule has 0 radical (unpaired) electrons. The predicted molar refractivity (Wildman–Crippen MR) is 130 cm³/mol. The van der Waals surface area contributed by atoms with Gasteiger partial charge in [0.15, 0.2) is 0 Å². The van der Waals surface area contributed by atoms with Gasteiger partial charge in [0.2, 0.25) is 17.6 Å². The highest BCUT2D eigenvalue weighted by molar-refractivity contribution is 5.95. The average Bonchev–Trinajstić information content (AvgIpc) is 3.59. The van der Waals surface area contributed by atoms with Crippen molar-refractivity contribution in [2.75, 3.05) is 0 Å². The lowest BCUT2D eigenvalue weighted by Gasteiger charge is -2.07. The van der Waals surface area contributed by atoms with Crippen LogP contribution in [0.4, 0.5) is 0 Å². The molecular weight excluding hydrogens is 458 g/mol. The molecule has 5 aromatic rings. The second-order valence-electron chi connectivity index (χ2n) is 7.90. The molecule has 0 spiro atoms. The van der Waals surface area contributed by atoms with Crippen molar-refractivity contribution in [3.8, 4) is 22.8 Å². The van der Waals surface area contributed by atoms with Gasteiger partial charge in [0, 0.05) is 16.7 Å². The molecule has 0 saturated heterocycles. The lowest BCUT2D eigenvalue weighted by atomic mass is 10.1. The fourth-order valence-electron chi connectivity index (χ4n) is 3.45. The number of amides is 2. The summed E-state index contributed by atoms with van der Waals surface area (Å²) in [4.78, 5) is 30.4. The number of nitrogens with zero attached hydrogens (tertiary/aromatic N) is 5. The van der Waals surface area contributed by atoms with E-state index in [1.54, 1.807) is 24.3 Å². The van der Waals surface area contributed by atoms with Crippen molar-refractivity contribution in [2.45, 2.75) is 13.0 Å². The van der Waals surface area contributed by atoms with Crippen molar-refractivity contribution < 1.29 is 14.0 Å². The Morgan fingerprint density at radius 3 is 2.25 bits per heavy atom. The van der Waals surface area contributed by atoms with Crippen LogP contribution in [-0.4, -0.2) is 37.0 Å². The highest BCUT2D eigenvalue weighted by Crippen LogP contribution is 2.18. The topological polar surface area (TPSA) is 128 Å². The van der Waals surface area contributed by atoms with Crippen molar-refractivity contribution >= 4 is 11.8 Å². The summed E-state index contributed by atoms with van der Waals surface area (Å²) in [6.45, 7) is 0.404. The summed E-state index contributed by atoms with van der Waals surface area (Å²) in [7, 11) is 0. The van der Waals surface area contributed by atoms with Crippen molar-refractivity contribution in [2.24, 2.45) is 0 Å². The maximum Gasteiger partial charge on any atom is 0.269 e. The number of hydrogen-bond donors (Lipinski definition) is 2. The highest BCUT2D eigenvalue weighted by Gasteiger charge is 2.12. The van der Waals surface area contributed by atoms with E-state index >= 15 is 0 Å². The van der Waals surface area contributed by atoms with Crippen molar-refractivity contribution in [1.29, 1.82) is 0 Å². The standard InChI is InChI=1S/C26H21N7O3/c34-23(15-22-17-36-26(27-22)21-9-5-2-6-10-21)28-30-25(35)20-13-11-18(12-14-20)16-33-31-24(29-32-33)19-7-3-1-4-8-19/h1-14,17H,15-16H2,(H,28,34)(H,30,35). The molecule has 3 aromatic carbocycles. The molecule has 0 saturated carbocycles. The number of carbonyl (C=O) groups excluding carboxylic acids is 2. The first-order chi connectivity index (χ1) is 17.6. The third kappa shape index (κ3) is 5.50. The van der Waals surface area contributed by atoms with Crippen LogP contribution in [0.15, 0.2) is 95.6 Å². The van der Waals surface area contributed by atoms with Crippen molar-refractivity contribution in [3.63, 3.8) is 0 Å². The number of aromatic nitrogens is 5. The van der Waals surface area contributed by atoms with Crippen molar-refractivity contribution in [1.82, 2.24) is 36.0 Å². The van der Waals surface area contributed by atoms with E-state index in [4.69, 9.17) is 4.42 Å². The van der Waals surface area contributed by atoms with Crippen LogP contribution in [0, 0.1) is 0 Å². The Balaban J connectivity index is 1.12. The van der Waals surface area contributed by atoms with Gasteiger partial charge in [0.1, 0.15) is 6.26 Å². The van der Waals surface area contributed by atoms with Crippen LogP contribution >= 0.6 is 0 Å². The fraction of sp³-hybridized carbons (Fsp3) is 0.0769. The van der Waals surface area contributed by atoms with Gasteiger partial charge in [-0.1, -0.05) is 60.7 Å². The van der Waals surface area contributed by atoms with Gasteiger partial charge in [-0.15, -0.1) is 10.2 Å². The average molecular weight is 480 g/mol. The Hall–Kier alpha value is -5.12. The molecule has 0 aliphatic heterocycles. The largest absolute Gasteiger partial charge is 0.444 e. The molecule has 10 heteroatoms. The first-order valence-corrected chi connectivity index (χ1v) is 11.2. The molecule has 0 aliphatic carbocycles. The van der Waals surface area contributed by atoms with E-state index in [-0.39, 0.29) is 6.42 Å². The van der Waals surface area contributed by atoms with Crippen LogP contribution in [0.3, 0.4) is 0 Å². The highest BCUT2D eigenvalue weighted by atomic mass is 16.3. The molecule has 0 unspecified atom stereocenters. The van der Waals surface area contributed by atoms with E-state index in [2.05, 4.69) is 31.2 Å². The molecule has 2 heterocycles. The third-order valence-electron chi connectivity index (χ3n) is 5.25. The zero-order chi connectivity index (χ0) is 24.7. The molecule has 10 nitrogen and oxygen atoms in total. The van der Waals surface area contributed by atoms with Gasteiger partial charge >= 0.3 is 0 Å². The van der Waals surface area contributed by atoms with Gasteiger partial charge in [0.25, 0.3) is 5.91 Å². The van der Waals surface area contributed by atoms with E-state index in [9.17, 15) is 9.59 Å². The van der Waals surface area contributed by atoms with Crippen molar-refractivity contribution in [3.05, 3.63) is 108 Å². The Bertz CT molecular complexity index is 1460. The number of carbonyl (C=O) groups is 2. The van der Waals surface area contributed by atoms with E-state index in [0.717, 1.165) is 16.7 Å². The lowest BCUT2D eigenvalue weighted by Crippen LogP contribution is -2.42. The minimum atomic E-state index is -0.440. The summed E-state index contributed by atoms with van der Waals surface area (Å²) >= 11 is 0. The van der Waals surface area contributed by atoms with Gasteiger partial charge in [-0.3, -0.25) is 20.4 Å².